The van der Waals surface area contributed by atoms with Crippen LogP contribution in [0.25, 0.3) is 0 Å². The van der Waals surface area contributed by atoms with E-state index in [1.165, 1.54) is 295 Å². The van der Waals surface area contributed by atoms with Gasteiger partial charge in [-0.25, -0.2) is 0 Å². The van der Waals surface area contributed by atoms with Crippen LogP contribution in [0.15, 0.2) is 24.3 Å². The highest BCUT2D eigenvalue weighted by molar-refractivity contribution is 5.76. The summed E-state index contributed by atoms with van der Waals surface area (Å²) in [5.41, 5.74) is 0. The molecule has 0 rings (SSSR count). The van der Waals surface area contributed by atoms with Crippen LogP contribution in [0.2, 0.25) is 0 Å². The van der Waals surface area contributed by atoms with Crippen LogP contribution in [0, 0.1) is 0 Å². The molecular formula is C68H131NO5. The van der Waals surface area contributed by atoms with Gasteiger partial charge >= 0.3 is 5.97 Å². The third kappa shape index (κ3) is 59.6. The summed E-state index contributed by atoms with van der Waals surface area (Å²) in [6, 6.07) is -0.541. The molecule has 0 saturated carbocycles. The Morgan fingerprint density at radius 2 is 0.649 bits per heavy atom. The summed E-state index contributed by atoms with van der Waals surface area (Å²) < 4.78 is 5.46. The lowest BCUT2D eigenvalue weighted by molar-refractivity contribution is -0.143. The molecule has 0 aliphatic carbocycles. The second-order valence-corrected chi connectivity index (χ2v) is 23.1. The van der Waals surface area contributed by atoms with Crippen molar-refractivity contribution in [3.8, 4) is 0 Å². The maximum atomic E-state index is 12.5. The molecule has 0 aromatic heterocycles. The molecule has 0 fully saturated rings. The van der Waals surface area contributed by atoms with E-state index >= 15 is 0 Å². The molecule has 3 N–H and O–H groups in total. The SMILES string of the molecule is CCCC/C=C\CCCCCCCC(=O)OCCCCCCCCCCCCCC/C=C\CCCCCCCCCCCCCCC(=O)NC(CO)C(O)CCCCCCCCCCCCCCCCCCCC. The molecule has 74 heavy (non-hydrogen) atoms. The molecule has 0 spiro atoms. The summed E-state index contributed by atoms with van der Waals surface area (Å²) in [4.78, 5) is 24.5. The first kappa shape index (κ1) is 72.3. The predicted molar refractivity (Wildman–Crippen MR) is 324 cm³/mol. The normalized spacial score (nSPS) is 12.6. The minimum absolute atomic E-state index is 0.00515. The standard InChI is InChI=1S/C68H131NO5/c1-3-5-7-9-11-13-15-16-17-18-31-34-37-41-44-48-52-56-60-66(71)65(64-70)69-67(72)61-57-53-49-45-42-38-35-32-29-27-25-23-21-19-20-22-24-26-28-30-33-36-39-43-47-51-55-59-63-74-68(73)62-58-54-50-46-40-14-12-10-8-6-4-2/h10,12,19-20,65-66,70-71H,3-9,11,13-18,21-64H2,1-2H3,(H,69,72)/b12-10-,20-19-. The Balaban J connectivity index is 3.38. The van der Waals surface area contributed by atoms with Gasteiger partial charge in [-0.2, -0.15) is 0 Å². The summed E-state index contributed by atoms with van der Waals surface area (Å²) in [6.45, 7) is 4.94. The Bertz CT molecular complexity index is 1150. The molecule has 0 heterocycles. The van der Waals surface area contributed by atoms with E-state index in [0.717, 1.165) is 44.9 Å². The monoisotopic (exact) mass is 1040 g/mol. The second kappa shape index (κ2) is 63.9. The highest BCUT2D eigenvalue weighted by Crippen LogP contribution is 2.18. The number of carbonyl (C=O) groups is 2. The number of nitrogens with one attached hydrogen (secondary N) is 1. The van der Waals surface area contributed by atoms with Gasteiger partial charge in [-0.1, -0.05) is 314 Å². The Kier molecular flexibility index (Phi) is 62.4. The maximum absolute atomic E-state index is 12.5. The molecule has 0 saturated heterocycles. The molecule has 0 bridgehead atoms. The number of allylic oxidation sites excluding steroid dienone is 4. The molecule has 6 heteroatoms. The van der Waals surface area contributed by atoms with E-state index in [9.17, 15) is 19.8 Å². The summed E-state index contributed by atoms with van der Waals surface area (Å²) >= 11 is 0. The van der Waals surface area contributed by atoms with E-state index in [2.05, 4.69) is 43.5 Å². The molecule has 0 aromatic rings. The van der Waals surface area contributed by atoms with E-state index in [0.29, 0.717) is 25.9 Å². The van der Waals surface area contributed by atoms with Crippen LogP contribution in [-0.4, -0.2) is 47.4 Å². The first-order chi connectivity index (χ1) is 36.5. The number of aliphatic hydroxyl groups is 2. The van der Waals surface area contributed by atoms with Gasteiger partial charge in [-0.15, -0.1) is 0 Å². The summed E-state index contributed by atoms with van der Waals surface area (Å²) in [5.74, 6) is -0.0263. The number of esters is 1. The van der Waals surface area contributed by atoms with Crippen LogP contribution >= 0.6 is 0 Å². The van der Waals surface area contributed by atoms with Crippen LogP contribution < -0.4 is 5.32 Å². The fourth-order valence-electron chi connectivity index (χ4n) is 10.6. The molecule has 438 valence electrons. The van der Waals surface area contributed by atoms with E-state index < -0.39 is 12.1 Å². The Morgan fingerprint density at radius 1 is 0.365 bits per heavy atom. The van der Waals surface area contributed by atoms with Crippen LogP contribution in [0.1, 0.15) is 373 Å². The topological polar surface area (TPSA) is 95.9 Å². The van der Waals surface area contributed by atoms with Gasteiger partial charge in [0.05, 0.1) is 25.4 Å². The van der Waals surface area contributed by atoms with Gasteiger partial charge in [-0.3, -0.25) is 9.59 Å². The fourth-order valence-corrected chi connectivity index (χ4v) is 10.6. The Morgan fingerprint density at radius 3 is 1.00 bits per heavy atom. The van der Waals surface area contributed by atoms with Crippen LogP contribution in [0.5, 0.6) is 0 Å². The second-order valence-electron chi connectivity index (χ2n) is 23.1. The lowest BCUT2D eigenvalue weighted by atomic mass is 10.0. The van der Waals surface area contributed by atoms with Crippen molar-refractivity contribution in [3.63, 3.8) is 0 Å². The van der Waals surface area contributed by atoms with Gasteiger partial charge in [0.15, 0.2) is 0 Å². The van der Waals surface area contributed by atoms with Crippen LogP contribution in [0.4, 0.5) is 0 Å². The van der Waals surface area contributed by atoms with Crippen molar-refractivity contribution in [3.05, 3.63) is 24.3 Å². The van der Waals surface area contributed by atoms with Crippen molar-refractivity contribution in [1.82, 2.24) is 5.32 Å². The molecule has 6 nitrogen and oxygen atoms in total. The fraction of sp³-hybridized carbons (Fsp3) is 0.912. The third-order valence-electron chi connectivity index (χ3n) is 15.7. The maximum Gasteiger partial charge on any atom is 0.305 e. The van der Waals surface area contributed by atoms with Crippen LogP contribution in [0.3, 0.4) is 0 Å². The third-order valence-corrected chi connectivity index (χ3v) is 15.7. The number of carbonyl (C=O) groups excluding carboxylic acids is 2. The lowest BCUT2D eigenvalue weighted by Crippen LogP contribution is -2.45. The minimum Gasteiger partial charge on any atom is -0.466 e. The first-order valence-corrected chi connectivity index (χ1v) is 33.6. The number of ether oxygens (including phenoxy) is 1. The van der Waals surface area contributed by atoms with Crippen molar-refractivity contribution in [2.24, 2.45) is 0 Å². The van der Waals surface area contributed by atoms with Gasteiger partial charge in [0.2, 0.25) is 5.91 Å². The molecule has 0 aromatic carbocycles. The number of aliphatic hydroxyl groups excluding tert-OH is 2. The number of unbranched alkanes of at least 4 members (excludes halogenated alkanes) is 48. The van der Waals surface area contributed by atoms with Crippen LogP contribution in [-0.2, 0) is 14.3 Å². The highest BCUT2D eigenvalue weighted by atomic mass is 16.5. The van der Waals surface area contributed by atoms with Crippen molar-refractivity contribution in [2.75, 3.05) is 13.2 Å². The van der Waals surface area contributed by atoms with Gasteiger partial charge in [0.1, 0.15) is 0 Å². The van der Waals surface area contributed by atoms with Gasteiger partial charge < -0.3 is 20.3 Å². The molecule has 0 aliphatic heterocycles. The number of rotatable bonds is 63. The van der Waals surface area contributed by atoms with E-state index in [1.54, 1.807) is 0 Å². The molecular weight excluding hydrogens is 911 g/mol. The average Bonchev–Trinajstić information content (AvgIpc) is 3.40. The molecule has 2 unspecified atom stereocenters. The molecule has 0 radical (unpaired) electrons. The number of hydrogen-bond acceptors (Lipinski definition) is 5. The van der Waals surface area contributed by atoms with Gasteiger partial charge in [-0.05, 0) is 70.6 Å². The Hall–Kier alpha value is -1.66. The molecule has 2 atom stereocenters. The zero-order valence-corrected chi connectivity index (χ0v) is 50.1. The van der Waals surface area contributed by atoms with E-state index in [1.807, 2.05) is 0 Å². The number of hydrogen-bond donors (Lipinski definition) is 3. The predicted octanol–water partition coefficient (Wildman–Crippen LogP) is 21.4. The largest absolute Gasteiger partial charge is 0.466 e. The molecule has 0 aliphatic rings. The smallest absolute Gasteiger partial charge is 0.305 e. The summed E-state index contributed by atoms with van der Waals surface area (Å²) in [5, 5.41) is 23.4. The van der Waals surface area contributed by atoms with Crippen molar-refractivity contribution >= 4 is 11.9 Å². The zero-order chi connectivity index (χ0) is 53.6. The minimum atomic E-state index is -0.664. The summed E-state index contributed by atoms with van der Waals surface area (Å²) in [6.07, 6.45) is 79.3. The first-order valence-electron chi connectivity index (χ1n) is 33.6. The van der Waals surface area contributed by atoms with Crippen molar-refractivity contribution in [1.29, 1.82) is 0 Å². The molecule has 1 amide bonds. The average molecular weight is 1040 g/mol. The van der Waals surface area contributed by atoms with Gasteiger partial charge in [0, 0.05) is 12.8 Å². The van der Waals surface area contributed by atoms with Crippen molar-refractivity contribution < 1.29 is 24.5 Å². The van der Waals surface area contributed by atoms with Crippen molar-refractivity contribution in [2.45, 2.75) is 386 Å². The number of amides is 1. The quantitative estimate of drug-likeness (QED) is 0.0320. The zero-order valence-electron chi connectivity index (χ0n) is 50.1. The lowest BCUT2D eigenvalue weighted by Gasteiger charge is -2.22. The summed E-state index contributed by atoms with van der Waals surface area (Å²) in [7, 11) is 0. The Labute approximate surface area is 462 Å². The van der Waals surface area contributed by atoms with E-state index in [-0.39, 0.29) is 18.5 Å². The van der Waals surface area contributed by atoms with Gasteiger partial charge in [0.25, 0.3) is 0 Å². The van der Waals surface area contributed by atoms with E-state index in [4.69, 9.17) is 4.74 Å². The highest BCUT2D eigenvalue weighted by Gasteiger charge is 2.20.